The third kappa shape index (κ3) is 3.66. The average molecular weight is 512 g/mol. The van der Waals surface area contributed by atoms with E-state index in [4.69, 9.17) is 9.47 Å². The van der Waals surface area contributed by atoms with Crippen LogP contribution in [0.1, 0.15) is 5.56 Å². The van der Waals surface area contributed by atoms with Crippen LogP contribution in [0.3, 0.4) is 0 Å². The molecule has 2 aliphatic rings. The summed E-state index contributed by atoms with van der Waals surface area (Å²) in [6.07, 6.45) is 0. The van der Waals surface area contributed by atoms with Crippen LogP contribution in [-0.4, -0.2) is 6.71 Å². The Labute approximate surface area is 234 Å². The molecule has 0 saturated heterocycles. The highest BCUT2D eigenvalue weighted by Crippen LogP contribution is 2.40. The smallest absolute Gasteiger partial charge is 0.260 e. The molecule has 2 nitrogen and oxygen atoms in total. The van der Waals surface area contributed by atoms with Crippen LogP contribution >= 0.6 is 0 Å². The second kappa shape index (κ2) is 9.03. The molecule has 40 heavy (non-hydrogen) atoms. The zero-order valence-corrected chi connectivity index (χ0v) is 22.1. The first-order valence-corrected chi connectivity index (χ1v) is 13.7. The molecular weight excluding hydrogens is 487 g/mol. The summed E-state index contributed by atoms with van der Waals surface area (Å²) in [7, 11) is 0. The summed E-state index contributed by atoms with van der Waals surface area (Å²) in [5.41, 5.74) is 11.6. The van der Waals surface area contributed by atoms with Crippen molar-refractivity contribution in [1.29, 1.82) is 0 Å². The average Bonchev–Trinajstić information content (AvgIpc) is 3.01. The number of hydrogen-bond acceptors (Lipinski definition) is 2. The summed E-state index contributed by atoms with van der Waals surface area (Å²) in [6.45, 7) is 2.17. The minimum absolute atomic E-state index is 0.0110. The maximum Gasteiger partial charge on any atom is 0.260 e. The summed E-state index contributed by atoms with van der Waals surface area (Å²) in [5, 5.41) is 0. The van der Waals surface area contributed by atoms with Crippen molar-refractivity contribution >= 4 is 23.1 Å². The zero-order valence-electron chi connectivity index (χ0n) is 22.1. The van der Waals surface area contributed by atoms with Gasteiger partial charge in [0, 0.05) is 5.46 Å². The first kappa shape index (κ1) is 22.9. The molecule has 0 bridgehead atoms. The van der Waals surface area contributed by atoms with Crippen molar-refractivity contribution in [2.24, 2.45) is 0 Å². The Morgan fingerprint density at radius 1 is 0.425 bits per heavy atom. The molecule has 0 unspecified atom stereocenters. The van der Waals surface area contributed by atoms with Crippen molar-refractivity contribution in [3.05, 3.63) is 139 Å². The highest BCUT2D eigenvalue weighted by atomic mass is 16.5. The predicted molar refractivity (Wildman–Crippen MR) is 165 cm³/mol. The number of aryl methyl sites for hydroxylation is 1. The first-order valence-electron chi connectivity index (χ1n) is 13.7. The molecule has 0 atom stereocenters. The predicted octanol–water partition coefficient (Wildman–Crippen LogP) is 7.72. The number of fused-ring (bicyclic) bond motifs is 4. The third-order valence-electron chi connectivity index (χ3n) is 8.15. The molecule has 0 fully saturated rings. The van der Waals surface area contributed by atoms with Crippen LogP contribution in [0.5, 0.6) is 23.0 Å². The molecule has 0 radical (unpaired) electrons. The number of benzene rings is 6. The quantitative estimate of drug-likeness (QED) is 0.226. The Kier molecular flexibility index (Phi) is 5.18. The molecular formula is C37H25BO2. The normalized spacial score (nSPS) is 12.5. The van der Waals surface area contributed by atoms with E-state index < -0.39 is 0 Å². The largest absolute Gasteiger partial charge is 0.458 e. The van der Waals surface area contributed by atoms with Crippen LogP contribution in [-0.2, 0) is 0 Å². The summed E-state index contributed by atoms with van der Waals surface area (Å²) >= 11 is 0. The molecule has 2 aliphatic heterocycles. The van der Waals surface area contributed by atoms with Crippen molar-refractivity contribution in [1.82, 2.24) is 0 Å². The van der Waals surface area contributed by atoms with Crippen molar-refractivity contribution in [2.75, 3.05) is 0 Å². The lowest BCUT2D eigenvalue weighted by Gasteiger charge is -2.34. The fourth-order valence-electron chi connectivity index (χ4n) is 6.17. The van der Waals surface area contributed by atoms with Crippen LogP contribution in [0.2, 0.25) is 0 Å². The van der Waals surface area contributed by atoms with Crippen molar-refractivity contribution in [2.45, 2.75) is 6.92 Å². The lowest BCUT2D eigenvalue weighted by atomic mass is 9.34. The van der Waals surface area contributed by atoms with Crippen LogP contribution in [0.25, 0.3) is 33.4 Å². The highest BCUT2D eigenvalue weighted by Gasteiger charge is 2.40. The molecule has 3 heteroatoms. The van der Waals surface area contributed by atoms with Crippen LogP contribution in [0, 0.1) is 6.92 Å². The van der Waals surface area contributed by atoms with Gasteiger partial charge in [-0.15, -0.1) is 0 Å². The molecule has 8 rings (SSSR count). The van der Waals surface area contributed by atoms with Gasteiger partial charge in [0.05, 0.1) is 0 Å². The summed E-state index contributed by atoms with van der Waals surface area (Å²) in [6, 6.07) is 47.0. The molecule has 2 heterocycles. The summed E-state index contributed by atoms with van der Waals surface area (Å²) in [5.74, 6) is 3.50. The van der Waals surface area contributed by atoms with Gasteiger partial charge in [0.15, 0.2) is 0 Å². The van der Waals surface area contributed by atoms with Gasteiger partial charge in [-0.1, -0.05) is 109 Å². The van der Waals surface area contributed by atoms with Crippen molar-refractivity contribution in [3.8, 4) is 56.4 Å². The van der Waals surface area contributed by atoms with Crippen LogP contribution in [0.4, 0.5) is 0 Å². The summed E-state index contributed by atoms with van der Waals surface area (Å²) in [4.78, 5) is 0. The standard InChI is InChI=1S/C37H25BO2/c1-24-10-8-9-15-30(24)28-16-18-31-34(21-28)40-36-23-29(26-13-6-3-7-14-26)22-35-37(36)38(31)32-20-27(17-19-33(32)39-35)25-11-4-2-5-12-25/h2-23H,1H3. The zero-order chi connectivity index (χ0) is 26.6. The molecule has 188 valence electrons. The topological polar surface area (TPSA) is 18.5 Å². The second-order valence-corrected chi connectivity index (χ2v) is 10.6. The number of hydrogen-bond donors (Lipinski definition) is 0. The van der Waals surface area contributed by atoms with Gasteiger partial charge < -0.3 is 9.47 Å². The van der Waals surface area contributed by atoms with E-state index in [0.717, 1.165) is 56.1 Å². The van der Waals surface area contributed by atoms with E-state index in [1.54, 1.807) is 0 Å². The molecule has 0 aliphatic carbocycles. The molecule has 0 spiro atoms. The molecule has 6 aromatic rings. The highest BCUT2D eigenvalue weighted by molar-refractivity contribution is 6.98. The van der Waals surface area contributed by atoms with Gasteiger partial charge in [0.25, 0.3) is 6.71 Å². The Bertz CT molecular complexity index is 1910. The fourth-order valence-corrected chi connectivity index (χ4v) is 6.17. The first-order chi connectivity index (χ1) is 19.7. The molecule has 0 saturated carbocycles. The van der Waals surface area contributed by atoms with E-state index in [2.05, 4.69) is 134 Å². The van der Waals surface area contributed by atoms with Crippen molar-refractivity contribution in [3.63, 3.8) is 0 Å². The van der Waals surface area contributed by atoms with Crippen LogP contribution < -0.4 is 25.9 Å². The maximum absolute atomic E-state index is 6.74. The van der Waals surface area contributed by atoms with E-state index in [-0.39, 0.29) is 6.71 Å². The maximum atomic E-state index is 6.74. The second-order valence-electron chi connectivity index (χ2n) is 10.6. The van der Waals surface area contributed by atoms with Crippen LogP contribution in [0.15, 0.2) is 133 Å². The van der Waals surface area contributed by atoms with Gasteiger partial charge in [0.2, 0.25) is 0 Å². The Hall–Kier alpha value is -5.02. The molecule has 0 N–H and O–H groups in total. The van der Waals surface area contributed by atoms with E-state index in [9.17, 15) is 0 Å². The number of ether oxygens (including phenoxy) is 2. The van der Waals surface area contributed by atoms with Gasteiger partial charge in [-0.05, 0) is 81.1 Å². The molecule has 6 aromatic carbocycles. The third-order valence-corrected chi connectivity index (χ3v) is 8.15. The van der Waals surface area contributed by atoms with Gasteiger partial charge in [0.1, 0.15) is 23.0 Å². The SMILES string of the molecule is Cc1ccccc1-c1ccc2c(c1)Oc1cc(-c3ccccc3)cc3c1B2c1cc(-c2ccccc2)ccc1O3. The Morgan fingerprint density at radius 2 is 1.02 bits per heavy atom. The molecule has 0 amide bonds. The number of rotatable bonds is 3. The minimum Gasteiger partial charge on any atom is -0.458 e. The Morgan fingerprint density at radius 3 is 1.75 bits per heavy atom. The summed E-state index contributed by atoms with van der Waals surface area (Å²) < 4.78 is 13.4. The lowest BCUT2D eigenvalue weighted by molar-refractivity contribution is 0.465. The lowest BCUT2D eigenvalue weighted by Crippen LogP contribution is -2.57. The van der Waals surface area contributed by atoms with E-state index in [0.29, 0.717) is 0 Å². The van der Waals surface area contributed by atoms with Gasteiger partial charge in [-0.2, -0.15) is 0 Å². The van der Waals surface area contributed by atoms with E-state index in [1.807, 2.05) is 6.07 Å². The van der Waals surface area contributed by atoms with E-state index in [1.165, 1.54) is 22.3 Å². The van der Waals surface area contributed by atoms with E-state index >= 15 is 0 Å². The van der Waals surface area contributed by atoms with Gasteiger partial charge in [-0.25, -0.2) is 0 Å². The fraction of sp³-hybridized carbons (Fsp3) is 0.0270. The Balaban J connectivity index is 1.35. The van der Waals surface area contributed by atoms with Gasteiger partial charge >= 0.3 is 0 Å². The monoisotopic (exact) mass is 512 g/mol. The molecule has 0 aromatic heterocycles. The van der Waals surface area contributed by atoms with Gasteiger partial charge in [-0.3, -0.25) is 0 Å². The van der Waals surface area contributed by atoms with Crippen molar-refractivity contribution < 1.29 is 9.47 Å². The minimum atomic E-state index is 0.0110.